The van der Waals surface area contributed by atoms with Crippen LogP contribution in [0.3, 0.4) is 0 Å². The molecule has 2 aromatic rings. The topological polar surface area (TPSA) is 29.9 Å². The second kappa shape index (κ2) is 6.16. The lowest BCUT2D eigenvalue weighted by molar-refractivity contribution is 0.534. The standard InChI is InChI=1S/C14H18BrN3/c1-3-9-18-13(7-8-17-18)14(16-2)11-5-4-6-12(15)10-11/h4-8,10,14,16H,3,9H2,1-2H3. The maximum atomic E-state index is 4.39. The van der Waals surface area contributed by atoms with Crippen molar-refractivity contribution in [1.29, 1.82) is 0 Å². The second-order valence-electron chi connectivity index (χ2n) is 4.26. The van der Waals surface area contributed by atoms with Crippen molar-refractivity contribution in [2.75, 3.05) is 7.05 Å². The molecule has 0 aliphatic heterocycles. The van der Waals surface area contributed by atoms with Crippen molar-refractivity contribution in [3.05, 3.63) is 52.3 Å². The molecule has 1 aromatic heterocycles. The van der Waals surface area contributed by atoms with Gasteiger partial charge in [-0.25, -0.2) is 0 Å². The lowest BCUT2D eigenvalue weighted by atomic mass is 10.0. The summed E-state index contributed by atoms with van der Waals surface area (Å²) in [6, 6.07) is 10.6. The molecule has 2 rings (SSSR count). The fourth-order valence-corrected chi connectivity index (χ4v) is 2.58. The molecule has 18 heavy (non-hydrogen) atoms. The summed E-state index contributed by atoms with van der Waals surface area (Å²) in [4.78, 5) is 0. The van der Waals surface area contributed by atoms with Gasteiger partial charge in [0.25, 0.3) is 0 Å². The van der Waals surface area contributed by atoms with E-state index in [1.807, 2.05) is 19.3 Å². The van der Waals surface area contributed by atoms with Gasteiger partial charge in [0.1, 0.15) is 0 Å². The highest BCUT2D eigenvalue weighted by Crippen LogP contribution is 2.24. The summed E-state index contributed by atoms with van der Waals surface area (Å²) in [6.07, 6.45) is 2.96. The minimum absolute atomic E-state index is 0.177. The Balaban J connectivity index is 2.36. The molecule has 0 aliphatic carbocycles. The summed E-state index contributed by atoms with van der Waals surface area (Å²) >= 11 is 3.52. The van der Waals surface area contributed by atoms with Gasteiger partial charge in [-0.1, -0.05) is 35.0 Å². The van der Waals surface area contributed by atoms with Crippen LogP contribution in [0.2, 0.25) is 0 Å². The van der Waals surface area contributed by atoms with Crippen molar-refractivity contribution in [1.82, 2.24) is 15.1 Å². The summed E-state index contributed by atoms with van der Waals surface area (Å²) in [5.41, 5.74) is 2.45. The van der Waals surface area contributed by atoms with Gasteiger partial charge in [0.15, 0.2) is 0 Å². The van der Waals surface area contributed by atoms with Crippen molar-refractivity contribution >= 4 is 15.9 Å². The Hall–Kier alpha value is -1.13. The van der Waals surface area contributed by atoms with E-state index in [4.69, 9.17) is 0 Å². The van der Waals surface area contributed by atoms with E-state index in [-0.39, 0.29) is 6.04 Å². The third-order valence-corrected chi connectivity index (χ3v) is 3.44. The largest absolute Gasteiger partial charge is 0.308 e. The first-order valence-electron chi connectivity index (χ1n) is 6.20. The lowest BCUT2D eigenvalue weighted by Gasteiger charge is -2.18. The highest BCUT2D eigenvalue weighted by Gasteiger charge is 2.16. The summed E-state index contributed by atoms with van der Waals surface area (Å²) in [5.74, 6) is 0. The van der Waals surface area contributed by atoms with Crippen LogP contribution >= 0.6 is 15.9 Å². The molecule has 1 N–H and O–H groups in total. The fourth-order valence-electron chi connectivity index (χ4n) is 2.16. The number of benzene rings is 1. The number of nitrogens with zero attached hydrogens (tertiary/aromatic N) is 2. The van der Waals surface area contributed by atoms with Gasteiger partial charge in [-0.3, -0.25) is 4.68 Å². The van der Waals surface area contributed by atoms with Crippen LogP contribution in [0.4, 0.5) is 0 Å². The van der Waals surface area contributed by atoms with Gasteiger partial charge in [-0.15, -0.1) is 0 Å². The molecule has 1 heterocycles. The summed E-state index contributed by atoms with van der Waals surface area (Å²) in [6.45, 7) is 3.12. The van der Waals surface area contributed by atoms with Gasteiger partial charge in [0.2, 0.25) is 0 Å². The Morgan fingerprint density at radius 3 is 2.89 bits per heavy atom. The Morgan fingerprint density at radius 1 is 1.39 bits per heavy atom. The molecule has 0 bridgehead atoms. The number of nitrogens with one attached hydrogen (secondary N) is 1. The van der Waals surface area contributed by atoms with Gasteiger partial charge >= 0.3 is 0 Å². The van der Waals surface area contributed by atoms with Crippen LogP contribution in [0.5, 0.6) is 0 Å². The van der Waals surface area contributed by atoms with Gasteiger partial charge in [-0.2, -0.15) is 5.10 Å². The predicted octanol–water partition coefficient (Wildman–Crippen LogP) is 3.36. The van der Waals surface area contributed by atoms with E-state index in [0.29, 0.717) is 0 Å². The van der Waals surface area contributed by atoms with Crippen LogP contribution in [0.25, 0.3) is 0 Å². The van der Waals surface area contributed by atoms with E-state index in [2.05, 4.69) is 62.2 Å². The molecule has 1 atom stereocenters. The van der Waals surface area contributed by atoms with E-state index >= 15 is 0 Å². The molecule has 0 saturated carbocycles. The van der Waals surface area contributed by atoms with Crippen molar-refractivity contribution in [3.63, 3.8) is 0 Å². The third kappa shape index (κ3) is 2.82. The molecule has 3 nitrogen and oxygen atoms in total. The average Bonchev–Trinajstić information content (AvgIpc) is 2.79. The highest BCUT2D eigenvalue weighted by atomic mass is 79.9. The van der Waals surface area contributed by atoms with Crippen LogP contribution in [0, 0.1) is 0 Å². The molecule has 0 saturated heterocycles. The van der Waals surface area contributed by atoms with Gasteiger partial charge in [0.05, 0.1) is 11.7 Å². The number of hydrogen-bond donors (Lipinski definition) is 1. The maximum Gasteiger partial charge on any atom is 0.0746 e. The van der Waals surface area contributed by atoms with E-state index in [0.717, 1.165) is 17.4 Å². The SMILES string of the molecule is CCCn1nccc1C(NC)c1cccc(Br)c1. The molecule has 0 spiro atoms. The van der Waals surface area contributed by atoms with Gasteiger partial charge in [-0.05, 0) is 37.2 Å². The van der Waals surface area contributed by atoms with Crippen molar-refractivity contribution in [2.24, 2.45) is 0 Å². The Labute approximate surface area is 116 Å². The average molecular weight is 308 g/mol. The second-order valence-corrected chi connectivity index (χ2v) is 5.17. The first-order valence-corrected chi connectivity index (χ1v) is 7.00. The molecule has 0 aliphatic rings. The van der Waals surface area contributed by atoms with Crippen LogP contribution in [-0.2, 0) is 6.54 Å². The van der Waals surface area contributed by atoms with E-state index < -0.39 is 0 Å². The quantitative estimate of drug-likeness (QED) is 0.918. The monoisotopic (exact) mass is 307 g/mol. The van der Waals surface area contributed by atoms with E-state index in [1.165, 1.54) is 11.3 Å². The molecule has 96 valence electrons. The number of halogens is 1. The Kier molecular flexibility index (Phi) is 4.55. The number of aryl methyl sites for hydroxylation is 1. The third-order valence-electron chi connectivity index (χ3n) is 2.95. The van der Waals surface area contributed by atoms with Crippen molar-refractivity contribution in [2.45, 2.75) is 25.9 Å². The normalized spacial score (nSPS) is 12.6. The first kappa shape index (κ1) is 13.3. The molecule has 0 radical (unpaired) electrons. The Bertz CT molecular complexity index is 507. The minimum Gasteiger partial charge on any atom is -0.308 e. The first-order chi connectivity index (χ1) is 8.76. The van der Waals surface area contributed by atoms with Crippen molar-refractivity contribution < 1.29 is 0 Å². The molecule has 0 fully saturated rings. The van der Waals surface area contributed by atoms with Crippen molar-refractivity contribution in [3.8, 4) is 0 Å². The van der Waals surface area contributed by atoms with Gasteiger partial charge in [0, 0.05) is 17.2 Å². The van der Waals surface area contributed by atoms with Crippen LogP contribution < -0.4 is 5.32 Å². The molecule has 1 unspecified atom stereocenters. The lowest BCUT2D eigenvalue weighted by Crippen LogP contribution is -2.21. The zero-order chi connectivity index (χ0) is 13.0. The smallest absolute Gasteiger partial charge is 0.0746 e. The predicted molar refractivity (Wildman–Crippen MR) is 77.6 cm³/mol. The number of aromatic nitrogens is 2. The zero-order valence-electron chi connectivity index (χ0n) is 10.7. The summed E-state index contributed by atoms with van der Waals surface area (Å²) < 4.78 is 3.17. The zero-order valence-corrected chi connectivity index (χ0v) is 12.3. The molecule has 1 aromatic carbocycles. The molecule has 0 amide bonds. The van der Waals surface area contributed by atoms with Crippen LogP contribution in [-0.4, -0.2) is 16.8 Å². The van der Waals surface area contributed by atoms with Gasteiger partial charge < -0.3 is 5.32 Å². The molecule has 4 heteroatoms. The molecular weight excluding hydrogens is 290 g/mol. The van der Waals surface area contributed by atoms with E-state index in [1.54, 1.807) is 0 Å². The summed E-state index contributed by atoms with van der Waals surface area (Å²) in [5, 5.41) is 7.75. The summed E-state index contributed by atoms with van der Waals surface area (Å²) in [7, 11) is 1.98. The maximum absolute atomic E-state index is 4.39. The van der Waals surface area contributed by atoms with Crippen LogP contribution in [0.15, 0.2) is 41.0 Å². The van der Waals surface area contributed by atoms with E-state index in [9.17, 15) is 0 Å². The number of hydrogen-bond acceptors (Lipinski definition) is 2. The minimum atomic E-state index is 0.177. The Morgan fingerprint density at radius 2 is 2.22 bits per heavy atom. The van der Waals surface area contributed by atoms with Crippen LogP contribution in [0.1, 0.15) is 30.6 Å². The highest BCUT2D eigenvalue weighted by molar-refractivity contribution is 9.10. The number of rotatable bonds is 5. The molecular formula is C14H18BrN3. The fraction of sp³-hybridized carbons (Fsp3) is 0.357.